The van der Waals surface area contributed by atoms with Crippen molar-refractivity contribution in [2.75, 3.05) is 0 Å². The normalized spacial score (nSPS) is 12.4. The molecular formula is C17H11Cl2F3N2O2S. The van der Waals surface area contributed by atoms with Crippen LogP contribution in [0, 0.1) is 0 Å². The topological polar surface area (TPSA) is 65.1 Å². The van der Waals surface area contributed by atoms with Crippen LogP contribution in [-0.4, -0.2) is 13.0 Å². The molecule has 0 spiro atoms. The zero-order valence-corrected chi connectivity index (χ0v) is 15.7. The largest absolute Gasteiger partial charge is 0.417 e. The summed E-state index contributed by atoms with van der Waals surface area (Å²) >= 11 is 12.1. The number of hydrogen-bond acceptors (Lipinski definition) is 2. The number of primary sulfonamides is 1. The first-order chi connectivity index (χ1) is 12.5. The highest BCUT2D eigenvalue weighted by atomic mass is 35.5. The zero-order valence-electron chi connectivity index (χ0n) is 13.3. The SMILES string of the molecule is NS(=O)(=O)c1ccc(-n2cc(C(F)(F)F)cc2-c2cc(Cl)ccc2Cl)cc1. The Balaban J connectivity index is 2.23. The lowest BCUT2D eigenvalue weighted by atomic mass is 10.1. The molecule has 0 aliphatic carbocycles. The fourth-order valence-electron chi connectivity index (χ4n) is 2.53. The number of hydrogen-bond donors (Lipinski definition) is 1. The lowest BCUT2D eigenvalue weighted by Crippen LogP contribution is -2.12. The van der Waals surface area contributed by atoms with Gasteiger partial charge in [0.1, 0.15) is 0 Å². The van der Waals surface area contributed by atoms with Crippen LogP contribution in [-0.2, 0) is 16.2 Å². The fraction of sp³-hybridized carbons (Fsp3) is 0.0588. The van der Waals surface area contributed by atoms with E-state index in [0.717, 1.165) is 12.3 Å². The van der Waals surface area contributed by atoms with Crippen LogP contribution in [0.4, 0.5) is 13.2 Å². The first kappa shape index (κ1) is 19.8. The van der Waals surface area contributed by atoms with Crippen molar-refractivity contribution in [2.24, 2.45) is 5.14 Å². The van der Waals surface area contributed by atoms with Crippen LogP contribution in [0.15, 0.2) is 59.6 Å². The molecule has 2 aromatic carbocycles. The lowest BCUT2D eigenvalue weighted by molar-refractivity contribution is -0.137. The Morgan fingerprint density at radius 3 is 2.15 bits per heavy atom. The van der Waals surface area contributed by atoms with E-state index in [2.05, 4.69) is 0 Å². The fourth-order valence-corrected chi connectivity index (χ4v) is 3.43. The number of benzene rings is 2. The smallest absolute Gasteiger partial charge is 0.316 e. The monoisotopic (exact) mass is 434 g/mol. The van der Waals surface area contributed by atoms with Crippen LogP contribution in [0.3, 0.4) is 0 Å². The van der Waals surface area contributed by atoms with E-state index in [0.29, 0.717) is 16.3 Å². The molecule has 1 aromatic heterocycles. The predicted octanol–water partition coefficient (Wildman–Crippen LogP) is 5.12. The summed E-state index contributed by atoms with van der Waals surface area (Å²) in [6.07, 6.45) is -3.68. The Hall–Kier alpha value is -2.00. The molecule has 3 aromatic rings. The van der Waals surface area contributed by atoms with Gasteiger partial charge in [-0.2, -0.15) is 13.2 Å². The van der Waals surface area contributed by atoms with Gasteiger partial charge in [-0.1, -0.05) is 23.2 Å². The van der Waals surface area contributed by atoms with Gasteiger partial charge in [0, 0.05) is 27.5 Å². The number of halogens is 5. The van der Waals surface area contributed by atoms with Crippen LogP contribution in [0.25, 0.3) is 16.9 Å². The minimum atomic E-state index is -4.58. The van der Waals surface area contributed by atoms with Crippen molar-refractivity contribution >= 4 is 33.2 Å². The highest BCUT2D eigenvalue weighted by Crippen LogP contribution is 2.38. The second-order valence-electron chi connectivity index (χ2n) is 5.64. The average Bonchev–Trinajstić information content (AvgIpc) is 3.02. The van der Waals surface area contributed by atoms with Gasteiger partial charge in [0.05, 0.1) is 16.2 Å². The van der Waals surface area contributed by atoms with E-state index in [1.54, 1.807) is 0 Å². The Morgan fingerprint density at radius 1 is 0.963 bits per heavy atom. The third kappa shape index (κ3) is 4.14. The molecule has 0 aliphatic rings. The minimum absolute atomic E-state index is 0.151. The van der Waals surface area contributed by atoms with Crippen LogP contribution in [0.5, 0.6) is 0 Å². The molecule has 0 radical (unpaired) electrons. The third-order valence-electron chi connectivity index (χ3n) is 3.80. The molecule has 10 heteroatoms. The summed E-state index contributed by atoms with van der Waals surface area (Å²) < 4.78 is 63.7. The molecule has 142 valence electrons. The van der Waals surface area contributed by atoms with Crippen molar-refractivity contribution in [1.29, 1.82) is 0 Å². The van der Waals surface area contributed by atoms with E-state index in [1.165, 1.54) is 47.0 Å². The van der Waals surface area contributed by atoms with Crippen molar-refractivity contribution in [3.63, 3.8) is 0 Å². The summed E-state index contributed by atoms with van der Waals surface area (Å²) in [7, 11) is -3.92. The van der Waals surface area contributed by atoms with Gasteiger partial charge in [-0.05, 0) is 48.5 Å². The number of nitrogens with zero attached hydrogens (tertiary/aromatic N) is 1. The number of alkyl halides is 3. The molecular weight excluding hydrogens is 424 g/mol. The predicted molar refractivity (Wildman–Crippen MR) is 97.6 cm³/mol. The van der Waals surface area contributed by atoms with E-state index in [-0.39, 0.29) is 15.6 Å². The second-order valence-corrected chi connectivity index (χ2v) is 8.05. The first-order valence-electron chi connectivity index (χ1n) is 7.35. The van der Waals surface area contributed by atoms with Gasteiger partial charge in [-0.25, -0.2) is 13.6 Å². The van der Waals surface area contributed by atoms with Gasteiger partial charge in [-0.15, -0.1) is 0 Å². The molecule has 0 atom stereocenters. The van der Waals surface area contributed by atoms with E-state index in [1.807, 2.05) is 0 Å². The Bertz CT molecular complexity index is 1110. The lowest BCUT2D eigenvalue weighted by Gasteiger charge is -2.11. The number of rotatable bonds is 3. The van der Waals surface area contributed by atoms with Crippen LogP contribution in [0.2, 0.25) is 10.0 Å². The molecule has 2 N–H and O–H groups in total. The molecule has 0 fully saturated rings. The maximum Gasteiger partial charge on any atom is 0.417 e. The first-order valence-corrected chi connectivity index (χ1v) is 9.65. The number of nitrogens with two attached hydrogens (primary N) is 1. The summed E-state index contributed by atoms with van der Waals surface area (Å²) in [6.45, 7) is 0. The van der Waals surface area contributed by atoms with Crippen LogP contribution >= 0.6 is 23.2 Å². The van der Waals surface area contributed by atoms with Crippen molar-refractivity contribution in [2.45, 2.75) is 11.1 Å². The molecule has 0 bridgehead atoms. The third-order valence-corrected chi connectivity index (χ3v) is 5.29. The molecule has 27 heavy (non-hydrogen) atoms. The van der Waals surface area contributed by atoms with Gasteiger partial charge in [0.2, 0.25) is 10.0 Å². The minimum Gasteiger partial charge on any atom is -0.316 e. The van der Waals surface area contributed by atoms with E-state index in [9.17, 15) is 21.6 Å². The molecule has 0 amide bonds. The van der Waals surface area contributed by atoms with Gasteiger partial charge in [0.15, 0.2) is 0 Å². The molecule has 1 heterocycles. The Kier molecular flexibility index (Phi) is 5.02. The van der Waals surface area contributed by atoms with Gasteiger partial charge < -0.3 is 4.57 Å². The summed E-state index contributed by atoms with van der Waals surface area (Å²) in [5.41, 5.74) is -0.138. The van der Waals surface area contributed by atoms with Crippen molar-refractivity contribution in [3.8, 4) is 16.9 Å². The van der Waals surface area contributed by atoms with Gasteiger partial charge in [-0.3, -0.25) is 0 Å². The molecule has 0 unspecified atom stereocenters. The zero-order chi connectivity index (χ0) is 20.0. The standard InChI is InChI=1S/C17H11Cl2F3N2O2S/c18-11-1-6-15(19)14(8-11)16-7-10(17(20,21)22)9-24(16)12-2-4-13(5-3-12)27(23,25)26/h1-9H,(H2,23,25,26). The summed E-state index contributed by atoms with van der Waals surface area (Å²) in [6, 6.07) is 10.5. The highest BCUT2D eigenvalue weighted by molar-refractivity contribution is 7.89. The average molecular weight is 435 g/mol. The molecule has 0 saturated heterocycles. The van der Waals surface area contributed by atoms with Crippen molar-refractivity contribution in [3.05, 3.63) is 70.3 Å². The quantitative estimate of drug-likeness (QED) is 0.621. The molecule has 0 aliphatic heterocycles. The highest BCUT2D eigenvalue weighted by Gasteiger charge is 2.33. The summed E-state index contributed by atoms with van der Waals surface area (Å²) in [5, 5.41) is 5.57. The second kappa shape index (κ2) is 6.87. The van der Waals surface area contributed by atoms with Crippen LogP contribution in [0.1, 0.15) is 5.56 Å². The van der Waals surface area contributed by atoms with E-state index in [4.69, 9.17) is 28.3 Å². The molecule has 4 nitrogen and oxygen atoms in total. The molecule has 3 rings (SSSR count). The van der Waals surface area contributed by atoms with Crippen molar-refractivity contribution in [1.82, 2.24) is 4.57 Å². The van der Waals surface area contributed by atoms with E-state index >= 15 is 0 Å². The Labute approximate surface area is 163 Å². The number of sulfonamides is 1. The molecule has 0 saturated carbocycles. The maximum atomic E-state index is 13.2. The van der Waals surface area contributed by atoms with Crippen molar-refractivity contribution < 1.29 is 21.6 Å². The number of aromatic nitrogens is 1. The Morgan fingerprint density at radius 2 is 1.59 bits per heavy atom. The van der Waals surface area contributed by atoms with Gasteiger partial charge >= 0.3 is 6.18 Å². The van der Waals surface area contributed by atoms with Gasteiger partial charge in [0.25, 0.3) is 0 Å². The summed E-state index contributed by atoms with van der Waals surface area (Å²) in [4.78, 5) is -0.156. The maximum absolute atomic E-state index is 13.2. The summed E-state index contributed by atoms with van der Waals surface area (Å²) in [5.74, 6) is 0. The van der Waals surface area contributed by atoms with E-state index < -0.39 is 21.8 Å². The van der Waals surface area contributed by atoms with Crippen LogP contribution < -0.4 is 5.14 Å².